The summed E-state index contributed by atoms with van der Waals surface area (Å²) < 4.78 is 15.1. The van der Waals surface area contributed by atoms with Gasteiger partial charge in [-0.3, -0.25) is 4.98 Å². The fraction of sp³-hybridized carbons (Fsp3) is 0.250. The second-order valence-electron chi connectivity index (χ2n) is 8.43. The van der Waals surface area contributed by atoms with Gasteiger partial charge in [-0.05, 0) is 24.3 Å². The number of aromatic nitrogens is 4. The first-order valence-corrected chi connectivity index (χ1v) is 10.9. The molecule has 0 aliphatic rings. The predicted molar refractivity (Wildman–Crippen MR) is 127 cm³/mol. The Balaban J connectivity index is 1.80. The van der Waals surface area contributed by atoms with Gasteiger partial charge in [0.05, 0.1) is 16.3 Å². The Morgan fingerprint density at radius 3 is 2.74 bits per heavy atom. The molecular formula is C24H22ClFN6O2. The molecule has 4 aromatic rings. The molecule has 0 radical (unpaired) electrons. The number of H-pyrrole nitrogens is 1. The van der Waals surface area contributed by atoms with Crippen LogP contribution in [-0.2, 0) is 5.41 Å². The number of fused-ring (bicyclic) bond motifs is 1. The van der Waals surface area contributed by atoms with Gasteiger partial charge < -0.3 is 20.5 Å². The van der Waals surface area contributed by atoms with Gasteiger partial charge in [-0.25, -0.2) is 14.4 Å². The van der Waals surface area contributed by atoms with Crippen LogP contribution in [-0.4, -0.2) is 42.5 Å². The van der Waals surface area contributed by atoms with Gasteiger partial charge >= 0.3 is 0 Å². The van der Waals surface area contributed by atoms with E-state index >= 15 is 4.39 Å². The summed E-state index contributed by atoms with van der Waals surface area (Å²) in [6.07, 6.45) is 2.99. The summed E-state index contributed by atoms with van der Waals surface area (Å²) in [4.78, 5) is 16.0. The lowest BCUT2D eigenvalue weighted by atomic mass is 9.79. The maximum atomic E-state index is 15.1. The van der Waals surface area contributed by atoms with Crippen molar-refractivity contribution in [1.82, 2.24) is 19.9 Å². The molecule has 174 valence electrons. The maximum Gasteiger partial charge on any atom is 0.166 e. The Labute approximate surface area is 200 Å². The molecule has 0 aromatic carbocycles. The molecule has 1 atom stereocenters. The van der Waals surface area contributed by atoms with E-state index in [4.69, 9.17) is 11.6 Å². The van der Waals surface area contributed by atoms with E-state index < -0.39 is 23.6 Å². The zero-order valence-electron chi connectivity index (χ0n) is 18.4. The van der Waals surface area contributed by atoms with Crippen molar-refractivity contribution >= 4 is 28.5 Å². The minimum absolute atomic E-state index is 0.0339. The van der Waals surface area contributed by atoms with Gasteiger partial charge in [-0.2, -0.15) is 5.26 Å². The standard InChI is InChI=1S/C24H22ClFN6O2/c1-24(2,18-5-3-4-6-28-18)19(9-20(33)34)31-23-17(26)7-13(10-27)21(32-23)16-12-30-22-15(16)8-14(25)11-29-22/h3-8,11-12,19-20,33-34H,9H2,1-2H3,(H,29,30)(H,31,32)/t19-/m1/s1. The quantitative estimate of drug-likeness (QED) is 0.292. The third kappa shape index (κ3) is 4.56. The number of nitrogens with one attached hydrogen (secondary N) is 2. The molecule has 0 aliphatic carbocycles. The molecule has 4 rings (SSSR count). The summed E-state index contributed by atoms with van der Waals surface area (Å²) in [6.45, 7) is 3.73. The minimum Gasteiger partial charge on any atom is -0.368 e. The second kappa shape index (κ2) is 9.35. The molecule has 0 fully saturated rings. The van der Waals surface area contributed by atoms with Gasteiger partial charge in [-0.1, -0.05) is 31.5 Å². The third-order valence-corrected chi connectivity index (χ3v) is 6.01. The number of anilines is 1. The van der Waals surface area contributed by atoms with Crippen molar-refractivity contribution in [3.8, 4) is 17.3 Å². The number of nitriles is 1. The molecule has 4 N–H and O–H groups in total. The number of pyridine rings is 3. The number of halogens is 2. The number of rotatable bonds is 7. The molecule has 4 aromatic heterocycles. The largest absolute Gasteiger partial charge is 0.368 e. The normalized spacial score (nSPS) is 12.6. The fourth-order valence-corrected chi connectivity index (χ4v) is 4.04. The highest BCUT2D eigenvalue weighted by molar-refractivity contribution is 6.31. The maximum absolute atomic E-state index is 15.1. The van der Waals surface area contributed by atoms with Crippen LogP contribution in [0.25, 0.3) is 22.3 Å². The summed E-state index contributed by atoms with van der Waals surface area (Å²) in [5.41, 5.74) is 1.30. The number of hydrogen-bond acceptors (Lipinski definition) is 7. The predicted octanol–water partition coefficient (Wildman–Crippen LogP) is 4.14. The Morgan fingerprint density at radius 1 is 1.26 bits per heavy atom. The van der Waals surface area contributed by atoms with E-state index in [0.717, 1.165) is 6.07 Å². The number of nitrogens with zero attached hydrogens (tertiary/aromatic N) is 4. The Kier molecular flexibility index (Phi) is 6.48. The monoisotopic (exact) mass is 480 g/mol. The lowest BCUT2D eigenvalue weighted by Gasteiger charge is -2.35. The van der Waals surface area contributed by atoms with Gasteiger partial charge in [0.1, 0.15) is 11.7 Å². The summed E-state index contributed by atoms with van der Waals surface area (Å²) in [5, 5.41) is 33.1. The first-order chi connectivity index (χ1) is 16.2. The molecule has 8 nitrogen and oxygen atoms in total. The Hall–Kier alpha value is -3.58. The Bertz CT molecular complexity index is 1370. The van der Waals surface area contributed by atoms with Gasteiger partial charge in [-0.15, -0.1) is 0 Å². The summed E-state index contributed by atoms with van der Waals surface area (Å²) in [7, 11) is 0. The van der Waals surface area contributed by atoms with Crippen LogP contribution in [0.3, 0.4) is 0 Å². The van der Waals surface area contributed by atoms with Crippen molar-refractivity contribution in [3.05, 3.63) is 71.0 Å². The van der Waals surface area contributed by atoms with Crippen LogP contribution in [0.1, 0.15) is 31.5 Å². The first kappa shape index (κ1) is 23.6. The van der Waals surface area contributed by atoms with E-state index in [0.29, 0.717) is 27.3 Å². The molecule has 0 amide bonds. The van der Waals surface area contributed by atoms with Crippen molar-refractivity contribution in [2.24, 2.45) is 0 Å². The number of aromatic amines is 1. The summed E-state index contributed by atoms with van der Waals surface area (Å²) in [6, 6.07) is 9.52. The van der Waals surface area contributed by atoms with E-state index in [-0.39, 0.29) is 23.5 Å². The van der Waals surface area contributed by atoms with Crippen LogP contribution in [0, 0.1) is 17.1 Å². The van der Waals surface area contributed by atoms with E-state index in [1.165, 1.54) is 6.20 Å². The topological polar surface area (TPSA) is 131 Å². The molecule has 10 heteroatoms. The summed E-state index contributed by atoms with van der Waals surface area (Å²) >= 11 is 6.10. The molecular weight excluding hydrogens is 459 g/mol. The van der Waals surface area contributed by atoms with Crippen molar-refractivity contribution in [2.45, 2.75) is 38.0 Å². The number of hydrogen-bond donors (Lipinski definition) is 4. The molecule has 0 spiro atoms. The van der Waals surface area contributed by atoms with Crippen molar-refractivity contribution < 1.29 is 14.6 Å². The van der Waals surface area contributed by atoms with Gasteiger partial charge in [0.25, 0.3) is 0 Å². The van der Waals surface area contributed by atoms with Crippen LogP contribution < -0.4 is 5.32 Å². The average Bonchev–Trinajstić information content (AvgIpc) is 3.22. The molecule has 0 unspecified atom stereocenters. The smallest absolute Gasteiger partial charge is 0.166 e. The zero-order chi connectivity index (χ0) is 24.5. The molecule has 34 heavy (non-hydrogen) atoms. The van der Waals surface area contributed by atoms with Crippen molar-refractivity contribution in [2.75, 3.05) is 5.32 Å². The third-order valence-electron chi connectivity index (χ3n) is 5.80. The average molecular weight is 481 g/mol. The van der Waals surface area contributed by atoms with Crippen LogP contribution >= 0.6 is 11.6 Å². The van der Waals surface area contributed by atoms with E-state index in [1.54, 1.807) is 24.5 Å². The minimum atomic E-state index is -1.65. The van der Waals surface area contributed by atoms with Gasteiger partial charge in [0.2, 0.25) is 0 Å². The summed E-state index contributed by atoms with van der Waals surface area (Å²) in [5.74, 6) is -0.876. The molecule has 0 saturated heterocycles. The van der Waals surface area contributed by atoms with Crippen LogP contribution in [0.5, 0.6) is 0 Å². The zero-order valence-corrected chi connectivity index (χ0v) is 19.2. The molecule has 0 aliphatic heterocycles. The van der Waals surface area contributed by atoms with E-state index in [2.05, 4.69) is 25.3 Å². The molecule has 0 bridgehead atoms. The highest BCUT2D eigenvalue weighted by Crippen LogP contribution is 2.34. The van der Waals surface area contributed by atoms with Crippen LogP contribution in [0.15, 0.2) is 48.9 Å². The number of aliphatic hydroxyl groups is 2. The van der Waals surface area contributed by atoms with E-state index in [1.807, 2.05) is 32.0 Å². The van der Waals surface area contributed by atoms with E-state index in [9.17, 15) is 15.5 Å². The number of aliphatic hydroxyl groups excluding tert-OH is 1. The molecule has 4 heterocycles. The Morgan fingerprint density at radius 2 is 2.06 bits per heavy atom. The lowest BCUT2D eigenvalue weighted by Crippen LogP contribution is -2.43. The SMILES string of the molecule is CC(C)(c1ccccn1)[C@@H](CC(O)O)Nc1nc(-c2c[nH]c3ncc(Cl)cc23)c(C#N)cc1F. The highest BCUT2D eigenvalue weighted by Gasteiger charge is 2.35. The van der Waals surface area contributed by atoms with Gasteiger partial charge in [0.15, 0.2) is 17.9 Å². The fourth-order valence-electron chi connectivity index (χ4n) is 3.89. The lowest BCUT2D eigenvalue weighted by molar-refractivity contribution is -0.0518. The van der Waals surface area contributed by atoms with Crippen LogP contribution in [0.4, 0.5) is 10.2 Å². The van der Waals surface area contributed by atoms with Crippen molar-refractivity contribution in [3.63, 3.8) is 0 Å². The molecule has 0 saturated carbocycles. The second-order valence-corrected chi connectivity index (χ2v) is 8.87. The van der Waals surface area contributed by atoms with Crippen LogP contribution in [0.2, 0.25) is 5.02 Å². The first-order valence-electron chi connectivity index (χ1n) is 10.5. The van der Waals surface area contributed by atoms with Crippen molar-refractivity contribution in [1.29, 1.82) is 5.26 Å². The highest BCUT2D eigenvalue weighted by atomic mass is 35.5. The van der Waals surface area contributed by atoms with Gasteiger partial charge in [0, 0.05) is 53.1 Å².